The maximum absolute atomic E-state index is 9.76. The number of aliphatic hydroxyl groups excluding tert-OH is 4. The van der Waals surface area contributed by atoms with Crippen molar-refractivity contribution < 1.29 is 35.4 Å². The van der Waals surface area contributed by atoms with E-state index in [0.717, 1.165) is 19.3 Å². The van der Waals surface area contributed by atoms with Crippen molar-refractivity contribution in [3.8, 4) is 0 Å². The van der Waals surface area contributed by atoms with Crippen LogP contribution in [0.15, 0.2) is 11.8 Å². The van der Waals surface area contributed by atoms with Crippen LogP contribution in [0.5, 0.6) is 0 Å². The topological polar surface area (TPSA) is 131 Å². The fourth-order valence-corrected chi connectivity index (χ4v) is 1.93. The lowest BCUT2D eigenvalue weighted by atomic mass is 10.0. The Labute approximate surface area is 111 Å². The fourth-order valence-electron chi connectivity index (χ4n) is 1.93. The van der Waals surface area contributed by atoms with E-state index in [2.05, 4.69) is 4.74 Å². The molecule has 1 heterocycles. The average Bonchev–Trinajstić information content (AvgIpc) is 2.57. The highest BCUT2D eigenvalue weighted by atomic mass is 16.8. The van der Waals surface area contributed by atoms with E-state index in [0.29, 0.717) is 6.42 Å². The second-order valence-corrected chi connectivity index (χ2v) is 4.75. The minimum atomic E-state index is -2.94. The highest BCUT2D eigenvalue weighted by molar-refractivity contribution is 5.06. The molecular weight excluding hydrogens is 256 g/mol. The molecule has 0 bridgehead atoms. The van der Waals surface area contributed by atoms with Gasteiger partial charge in [-0.2, -0.15) is 0 Å². The maximum atomic E-state index is 9.76. The van der Waals surface area contributed by atoms with Gasteiger partial charge in [0.2, 0.25) is 0 Å². The van der Waals surface area contributed by atoms with E-state index in [1.165, 1.54) is 6.08 Å². The summed E-state index contributed by atoms with van der Waals surface area (Å²) in [5, 5.41) is 56.6. The molecule has 112 valence electrons. The molecule has 0 aromatic heterocycles. The van der Waals surface area contributed by atoms with Crippen molar-refractivity contribution in [2.75, 3.05) is 0 Å². The molecule has 0 aliphatic carbocycles. The van der Waals surface area contributed by atoms with Gasteiger partial charge in [-0.05, 0) is 18.9 Å². The summed E-state index contributed by atoms with van der Waals surface area (Å²) in [5.74, 6) is -3.36. The highest BCUT2D eigenvalue weighted by Gasteiger charge is 2.55. The number of hydrogen-bond acceptors (Lipinski definition) is 7. The van der Waals surface area contributed by atoms with Crippen molar-refractivity contribution >= 4 is 0 Å². The summed E-state index contributed by atoms with van der Waals surface area (Å²) in [6.45, 7) is 2.03. The van der Waals surface area contributed by atoms with Crippen LogP contribution in [0.4, 0.5) is 0 Å². The number of hydrogen-bond donors (Lipinski definition) is 6. The Morgan fingerprint density at radius 1 is 1.32 bits per heavy atom. The lowest BCUT2D eigenvalue weighted by Crippen LogP contribution is -2.43. The Kier molecular flexibility index (Phi) is 5.72. The van der Waals surface area contributed by atoms with Gasteiger partial charge in [0.1, 0.15) is 24.1 Å². The van der Waals surface area contributed by atoms with Crippen LogP contribution in [0.2, 0.25) is 0 Å². The number of unbranched alkanes of at least 4 members (excludes halogenated alkanes) is 3. The van der Waals surface area contributed by atoms with Gasteiger partial charge in [-0.15, -0.1) is 0 Å². The van der Waals surface area contributed by atoms with E-state index in [4.69, 9.17) is 0 Å². The van der Waals surface area contributed by atoms with Gasteiger partial charge in [-0.25, -0.2) is 0 Å². The van der Waals surface area contributed by atoms with E-state index >= 15 is 0 Å². The summed E-state index contributed by atoms with van der Waals surface area (Å²) in [4.78, 5) is 0. The van der Waals surface area contributed by atoms with Gasteiger partial charge in [-0.3, -0.25) is 0 Å². The van der Waals surface area contributed by atoms with Crippen molar-refractivity contribution in [2.45, 2.75) is 63.0 Å². The zero-order valence-electron chi connectivity index (χ0n) is 10.8. The molecule has 6 N–H and O–H groups in total. The van der Waals surface area contributed by atoms with Crippen molar-refractivity contribution in [1.82, 2.24) is 0 Å². The Bertz CT molecular complexity index is 315. The van der Waals surface area contributed by atoms with Crippen LogP contribution in [0.25, 0.3) is 0 Å². The number of allylic oxidation sites excluding steroid dienone is 1. The number of aliphatic hydroxyl groups is 6. The third-order valence-electron chi connectivity index (χ3n) is 3.13. The molecule has 0 spiro atoms. The van der Waals surface area contributed by atoms with E-state index in [1.54, 1.807) is 0 Å². The van der Waals surface area contributed by atoms with Crippen LogP contribution in [-0.4, -0.2) is 61.0 Å². The molecule has 0 aromatic carbocycles. The van der Waals surface area contributed by atoms with Crippen LogP contribution in [-0.2, 0) is 4.74 Å². The van der Waals surface area contributed by atoms with Crippen molar-refractivity contribution in [3.63, 3.8) is 0 Å². The Morgan fingerprint density at radius 3 is 2.42 bits per heavy atom. The molecule has 1 aliphatic rings. The Morgan fingerprint density at radius 2 is 1.95 bits per heavy atom. The normalized spacial score (nSPS) is 32.5. The highest BCUT2D eigenvalue weighted by Crippen LogP contribution is 2.30. The van der Waals surface area contributed by atoms with Gasteiger partial charge in [-0.1, -0.05) is 19.8 Å². The predicted molar refractivity (Wildman–Crippen MR) is 64.9 cm³/mol. The first-order chi connectivity index (χ1) is 8.81. The number of rotatable bonds is 6. The van der Waals surface area contributed by atoms with Crippen molar-refractivity contribution in [1.29, 1.82) is 0 Å². The standard InChI is InChI=1S/C12H22O7/c1-2-3-4-5-6-7(13)8(14)10-9(15)11(16)12(17,18)19-10/h6,8-11,13-18H,2-5H2,1H3/t8-,9+,10-,11+/m1/s1. The number of ether oxygens (including phenoxy) is 1. The molecule has 1 saturated heterocycles. The molecule has 1 fully saturated rings. The summed E-state index contributed by atoms with van der Waals surface area (Å²) in [5.41, 5.74) is 0. The minimum absolute atomic E-state index is 0.426. The van der Waals surface area contributed by atoms with Gasteiger partial charge >= 0.3 is 5.97 Å². The SMILES string of the molecule is CCCCCC=C(O)[C@@H](O)[C@H]1OC(O)(O)[C@@H](O)[C@H]1O. The molecular formula is C12H22O7. The molecule has 1 aliphatic heterocycles. The molecule has 7 nitrogen and oxygen atoms in total. The van der Waals surface area contributed by atoms with Crippen LogP contribution >= 0.6 is 0 Å². The van der Waals surface area contributed by atoms with Crippen LogP contribution in [0, 0.1) is 0 Å². The van der Waals surface area contributed by atoms with Crippen molar-refractivity contribution in [2.24, 2.45) is 0 Å². The average molecular weight is 278 g/mol. The van der Waals surface area contributed by atoms with E-state index < -0.39 is 36.1 Å². The van der Waals surface area contributed by atoms with Gasteiger partial charge in [0, 0.05) is 0 Å². The lowest BCUT2D eigenvalue weighted by Gasteiger charge is -2.20. The summed E-state index contributed by atoms with van der Waals surface area (Å²) in [6, 6.07) is 0. The second-order valence-electron chi connectivity index (χ2n) is 4.75. The second kappa shape index (κ2) is 6.65. The first-order valence-corrected chi connectivity index (χ1v) is 6.37. The molecule has 4 atom stereocenters. The van der Waals surface area contributed by atoms with Gasteiger partial charge < -0.3 is 35.4 Å². The van der Waals surface area contributed by atoms with E-state index in [9.17, 15) is 30.6 Å². The Hall–Kier alpha value is -0.700. The van der Waals surface area contributed by atoms with E-state index in [1.807, 2.05) is 6.92 Å². The monoisotopic (exact) mass is 278 g/mol. The van der Waals surface area contributed by atoms with Crippen LogP contribution in [0.3, 0.4) is 0 Å². The molecule has 0 unspecified atom stereocenters. The summed E-state index contributed by atoms with van der Waals surface area (Å²) < 4.78 is 4.54. The van der Waals surface area contributed by atoms with Crippen LogP contribution < -0.4 is 0 Å². The fraction of sp³-hybridized carbons (Fsp3) is 0.833. The smallest absolute Gasteiger partial charge is 0.308 e. The first-order valence-electron chi connectivity index (χ1n) is 6.37. The molecule has 0 amide bonds. The molecule has 7 heteroatoms. The Balaban J connectivity index is 2.60. The minimum Gasteiger partial charge on any atom is -0.510 e. The molecule has 19 heavy (non-hydrogen) atoms. The summed E-state index contributed by atoms with van der Waals surface area (Å²) >= 11 is 0. The molecule has 0 aromatic rings. The summed E-state index contributed by atoms with van der Waals surface area (Å²) in [7, 11) is 0. The quantitative estimate of drug-likeness (QED) is 0.211. The first kappa shape index (κ1) is 16.4. The molecule has 0 saturated carbocycles. The van der Waals surface area contributed by atoms with Gasteiger partial charge in [0.25, 0.3) is 0 Å². The van der Waals surface area contributed by atoms with Gasteiger partial charge in [0.15, 0.2) is 6.10 Å². The van der Waals surface area contributed by atoms with Crippen molar-refractivity contribution in [3.05, 3.63) is 11.8 Å². The third-order valence-corrected chi connectivity index (χ3v) is 3.13. The lowest BCUT2D eigenvalue weighted by molar-refractivity contribution is -0.358. The zero-order valence-corrected chi connectivity index (χ0v) is 10.8. The van der Waals surface area contributed by atoms with E-state index in [-0.39, 0.29) is 0 Å². The maximum Gasteiger partial charge on any atom is 0.308 e. The van der Waals surface area contributed by atoms with Crippen LogP contribution in [0.1, 0.15) is 32.6 Å². The summed E-state index contributed by atoms with van der Waals surface area (Å²) in [6.07, 6.45) is -2.05. The largest absolute Gasteiger partial charge is 0.510 e. The molecule has 1 rings (SSSR count). The zero-order chi connectivity index (χ0) is 14.6. The molecule has 0 radical (unpaired) electrons. The van der Waals surface area contributed by atoms with Gasteiger partial charge in [0.05, 0.1) is 0 Å². The predicted octanol–water partition coefficient (Wildman–Crippen LogP) is -0.872. The third kappa shape index (κ3) is 3.88.